The largest absolute Gasteiger partial charge is 0.500 e. The third-order valence-corrected chi connectivity index (χ3v) is 11.2. The first-order valence-corrected chi connectivity index (χ1v) is 15.6. The Hall–Kier alpha value is 0.137. The molecule has 0 aromatic heterocycles. The van der Waals surface area contributed by atoms with Crippen molar-refractivity contribution in [2.75, 3.05) is 31.3 Å². The van der Waals surface area contributed by atoms with E-state index in [0.717, 1.165) is 43.2 Å². The van der Waals surface area contributed by atoms with Crippen LogP contribution in [0.1, 0.15) is 73.1 Å². The molecule has 1 rings (SSSR count). The molecule has 0 aromatic carbocycles. The maximum Gasteiger partial charge on any atom is 0.500 e. The van der Waals surface area contributed by atoms with Crippen LogP contribution in [0.2, 0.25) is 6.04 Å². The van der Waals surface area contributed by atoms with Gasteiger partial charge >= 0.3 is 8.80 Å². The highest BCUT2D eigenvalue weighted by molar-refractivity contribution is 8.13. The van der Waals surface area contributed by atoms with E-state index in [9.17, 15) is 9.59 Å². The second kappa shape index (κ2) is 15.9. The Balaban J connectivity index is 2.81. The van der Waals surface area contributed by atoms with Gasteiger partial charge in [0.05, 0.1) is 0 Å². The van der Waals surface area contributed by atoms with Gasteiger partial charge in [-0.2, -0.15) is 0 Å². The summed E-state index contributed by atoms with van der Waals surface area (Å²) in [5.41, 5.74) is 0. The third kappa shape index (κ3) is 10.2. The second-order valence-electron chi connectivity index (χ2n) is 7.79. The van der Waals surface area contributed by atoms with Crippen molar-refractivity contribution < 1.29 is 22.9 Å². The number of hydrogen-bond donors (Lipinski definition) is 0. The van der Waals surface area contributed by atoms with Crippen LogP contribution >= 0.6 is 23.5 Å². The standard InChI is InChI=1S/C22H42O5S2Si/c1-6-21(23)28-16-18-11-12-20(17-29-22(24)7-2)19(15-18)13-14-30(25-8-3,26-9-4)27-10-5/h18-20H,6-17H2,1-5H3. The summed E-state index contributed by atoms with van der Waals surface area (Å²) < 4.78 is 18.2. The molecule has 0 aromatic rings. The summed E-state index contributed by atoms with van der Waals surface area (Å²) in [5, 5.41) is 0.565. The minimum Gasteiger partial charge on any atom is -0.374 e. The average Bonchev–Trinajstić information content (AvgIpc) is 2.75. The lowest BCUT2D eigenvalue weighted by atomic mass is 9.74. The van der Waals surface area contributed by atoms with Gasteiger partial charge in [0.1, 0.15) is 0 Å². The molecule has 176 valence electrons. The molecule has 3 atom stereocenters. The van der Waals surface area contributed by atoms with Crippen molar-refractivity contribution in [3.8, 4) is 0 Å². The molecule has 0 bridgehead atoms. The molecule has 0 heterocycles. The van der Waals surface area contributed by atoms with Gasteiger partial charge < -0.3 is 13.3 Å². The molecule has 0 amide bonds. The minimum atomic E-state index is -2.66. The van der Waals surface area contributed by atoms with Gasteiger partial charge in [-0.25, -0.2) is 0 Å². The fourth-order valence-corrected chi connectivity index (χ4v) is 8.82. The van der Waals surface area contributed by atoms with E-state index in [1.165, 1.54) is 23.5 Å². The Kier molecular flexibility index (Phi) is 14.9. The van der Waals surface area contributed by atoms with Crippen molar-refractivity contribution in [3.05, 3.63) is 0 Å². The minimum absolute atomic E-state index is 0.279. The predicted molar refractivity (Wildman–Crippen MR) is 130 cm³/mol. The first-order chi connectivity index (χ1) is 14.4. The van der Waals surface area contributed by atoms with Crippen molar-refractivity contribution in [2.24, 2.45) is 17.8 Å². The highest BCUT2D eigenvalue weighted by Gasteiger charge is 2.42. The molecule has 30 heavy (non-hydrogen) atoms. The first-order valence-electron chi connectivity index (χ1n) is 11.7. The molecule has 1 fully saturated rings. The Morgan fingerprint density at radius 3 is 1.83 bits per heavy atom. The molecule has 1 aliphatic carbocycles. The van der Waals surface area contributed by atoms with Crippen molar-refractivity contribution in [1.82, 2.24) is 0 Å². The van der Waals surface area contributed by atoms with Gasteiger partial charge in [0.25, 0.3) is 0 Å². The summed E-state index contributed by atoms with van der Waals surface area (Å²) >= 11 is 2.99. The highest BCUT2D eigenvalue weighted by atomic mass is 32.2. The lowest BCUT2D eigenvalue weighted by Gasteiger charge is -2.37. The molecule has 5 nitrogen and oxygen atoms in total. The van der Waals surface area contributed by atoms with Crippen LogP contribution in [-0.2, 0) is 22.9 Å². The van der Waals surface area contributed by atoms with Crippen LogP contribution in [0, 0.1) is 17.8 Å². The van der Waals surface area contributed by atoms with E-state index in [4.69, 9.17) is 13.3 Å². The maximum atomic E-state index is 11.9. The van der Waals surface area contributed by atoms with E-state index in [1.807, 2.05) is 34.6 Å². The zero-order valence-corrected chi connectivity index (χ0v) is 22.2. The predicted octanol–water partition coefficient (Wildman–Crippen LogP) is 5.80. The van der Waals surface area contributed by atoms with Crippen LogP contribution in [0.5, 0.6) is 0 Å². The van der Waals surface area contributed by atoms with E-state index in [1.54, 1.807) is 0 Å². The molecule has 0 spiro atoms. The van der Waals surface area contributed by atoms with Crippen LogP contribution in [-0.4, -0.2) is 50.4 Å². The van der Waals surface area contributed by atoms with Gasteiger partial charge in [-0.05, 0) is 64.2 Å². The fourth-order valence-electron chi connectivity index (χ4n) is 4.13. The first kappa shape index (κ1) is 28.2. The van der Waals surface area contributed by atoms with Crippen LogP contribution < -0.4 is 0 Å². The van der Waals surface area contributed by atoms with Crippen LogP contribution in [0.15, 0.2) is 0 Å². The van der Waals surface area contributed by atoms with Crippen molar-refractivity contribution >= 4 is 42.6 Å². The van der Waals surface area contributed by atoms with Crippen LogP contribution in [0.4, 0.5) is 0 Å². The number of rotatable bonds is 15. The number of thioether (sulfide) groups is 2. The smallest absolute Gasteiger partial charge is 0.374 e. The molecule has 0 radical (unpaired) electrons. The molecule has 1 saturated carbocycles. The molecule has 0 aliphatic heterocycles. The number of carbonyl (C=O) groups is 2. The second-order valence-corrected chi connectivity index (χ2v) is 12.7. The molecule has 0 saturated heterocycles. The summed E-state index contributed by atoms with van der Waals surface area (Å²) in [6.07, 6.45) is 5.59. The van der Waals surface area contributed by atoms with E-state index < -0.39 is 8.80 Å². The molecular formula is C22H42O5S2Si. The molecule has 3 unspecified atom stereocenters. The van der Waals surface area contributed by atoms with Gasteiger partial charge in [0.15, 0.2) is 10.2 Å². The van der Waals surface area contributed by atoms with Crippen molar-refractivity contribution in [2.45, 2.75) is 79.2 Å². The maximum absolute atomic E-state index is 11.9. The summed E-state index contributed by atoms with van der Waals surface area (Å²) in [7, 11) is -2.66. The van der Waals surface area contributed by atoms with Gasteiger partial charge in [-0.15, -0.1) is 0 Å². The normalized spacial score (nSPS) is 22.2. The quantitative estimate of drug-likeness (QED) is 0.276. The lowest BCUT2D eigenvalue weighted by Crippen LogP contribution is -2.46. The monoisotopic (exact) mass is 478 g/mol. The van der Waals surface area contributed by atoms with Crippen LogP contribution in [0.3, 0.4) is 0 Å². The fraction of sp³-hybridized carbons (Fsp3) is 0.909. The summed E-state index contributed by atoms with van der Waals surface area (Å²) in [6.45, 7) is 11.6. The van der Waals surface area contributed by atoms with E-state index in [2.05, 4.69) is 0 Å². The molecule has 0 N–H and O–H groups in total. The summed E-state index contributed by atoms with van der Waals surface area (Å²) in [4.78, 5) is 23.6. The van der Waals surface area contributed by atoms with E-state index in [-0.39, 0.29) is 10.2 Å². The zero-order chi connectivity index (χ0) is 22.4. The van der Waals surface area contributed by atoms with Gasteiger partial charge in [0, 0.05) is 50.2 Å². The van der Waals surface area contributed by atoms with Crippen molar-refractivity contribution in [3.63, 3.8) is 0 Å². The SMILES string of the molecule is CCO[Si](CCC1CC(CSC(=O)CC)CCC1CSC(=O)CC)(OCC)OCC. The van der Waals surface area contributed by atoms with E-state index >= 15 is 0 Å². The number of hydrogen-bond acceptors (Lipinski definition) is 7. The molecule has 1 aliphatic rings. The van der Waals surface area contributed by atoms with Gasteiger partial charge in [-0.3, -0.25) is 9.59 Å². The Labute approximate surface area is 193 Å². The molecular weight excluding hydrogens is 436 g/mol. The topological polar surface area (TPSA) is 61.8 Å². The highest BCUT2D eigenvalue weighted by Crippen LogP contribution is 2.41. The third-order valence-electron chi connectivity index (χ3n) is 5.68. The Morgan fingerprint density at radius 1 is 0.800 bits per heavy atom. The molecule has 8 heteroatoms. The Bertz CT molecular complexity index is 489. The number of carbonyl (C=O) groups excluding carboxylic acids is 2. The van der Waals surface area contributed by atoms with Gasteiger partial charge in [-0.1, -0.05) is 37.4 Å². The average molecular weight is 479 g/mol. The zero-order valence-electron chi connectivity index (χ0n) is 19.6. The van der Waals surface area contributed by atoms with Crippen LogP contribution in [0.25, 0.3) is 0 Å². The Morgan fingerprint density at radius 2 is 1.33 bits per heavy atom. The van der Waals surface area contributed by atoms with Gasteiger partial charge in [0.2, 0.25) is 0 Å². The lowest BCUT2D eigenvalue weighted by molar-refractivity contribution is -0.111. The van der Waals surface area contributed by atoms with E-state index in [0.29, 0.717) is 50.4 Å². The summed E-state index contributed by atoms with van der Waals surface area (Å²) in [5.74, 6) is 3.44. The van der Waals surface area contributed by atoms with Crippen molar-refractivity contribution in [1.29, 1.82) is 0 Å². The summed E-state index contributed by atoms with van der Waals surface area (Å²) in [6, 6.07) is 0.823.